The Morgan fingerprint density at radius 1 is 1.15 bits per heavy atom. The first-order valence-electron chi connectivity index (χ1n) is 11.4. The summed E-state index contributed by atoms with van der Waals surface area (Å²) in [6, 6.07) is 15.9. The first kappa shape index (κ1) is 24.1. The number of benzene rings is 2. The van der Waals surface area contributed by atoms with Crippen LogP contribution in [0.5, 0.6) is 5.75 Å². The second-order valence-corrected chi connectivity index (χ2v) is 9.67. The molecule has 2 aromatic carbocycles. The molecule has 1 aromatic heterocycles. The fourth-order valence-electron chi connectivity index (χ4n) is 3.82. The Balaban J connectivity index is 1.52. The van der Waals surface area contributed by atoms with Crippen LogP contribution >= 0.6 is 11.8 Å². The monoisotopic (exact) mass is 481 g/mol. The largest absolute Gasteiger partial charge is 0.485 e. The van der Waals surface area contributed by atoms with E-state index in [-0.39, 0.29) is 12.5 Å². The molecule has 1 fully saturated rings. The molecule has 1 unspecified atom stereocenters. The van der Waals surface area contributed by atoms with E-state index in [4.69, 9.17) is 15.3 Å². The van der Waals surface area contributed by atoms with Crippen LogP contribution in [0.4, 0.5) is 0 Å². The van der Waals surface area contributed by atoms with Crippen LogP contribution < -0.4 is 10.6 Å². The highest BCUT2D eigenvalue weighted by molar-refractivity contribution is 8.00. The molecule has 34 heavy (non-hydrogen) atoms. The number of rotatable bonds is 8. The van der Waals surface area contributed by atoms with E-state index in [2.05, 4.69) is 36.2 Å². The average molecular weight is 482 g/mol. The summed E-state index contributed by atoms with van der Waals surface area (Å²) in [6.07, 6.45) is 0. The first-order valence-corrected chi connectivity index (χ1v) is 12.3. The lowest BCUT2D eigenvalue weighted by Gasteiger charge is -2.30. The van der Waals surface area contributed by atoms with Crippen molar-refractivity contribution in [1.29, 1.82) is 0 Å². The predicted molar refractivity (Wildman–Crippen MR) is 132 cm³/mol. The highest BCUT2D eigenvalue weighted by atomic mass is 32.2. The third-order valence-electron chi connectivity index (χ3n) is 5.76. The number of thioether (sulfide) groups is 1. The number of aromatic nitrogens is 3. The van der Waals surface area contributed by atoms with E-state index < -0.39 is 5.25 Å². The number of ether oxygens (including phenoxy) is 2. The molecule has 0 aliphatic carbocycles. The lowest BCUT2D eigenvalue weighted by Crippen LogP contribution is -2.42. The van der Waals surface area contributed by atoms with Gasteiger partial charge in [-0.15, -0.1) is 10.2 Å². The fraction of sp³-hybridized carbons (Fsp3) is 0.400. The molecule has 2 heterocycles. The molecule has 4 rings (SSSR count). The van der Waals surface area contributed by atoms with Crippen molar-refractivity contribution in [3.05, 3.63) is 71.0 Å². The molecule has 1 saturated heterocycles. The van der Waals surface area contributed by atoms with Crippen molar-refractivity contribution in [3.63, 3.8) is 0 Å². The van der Waals surface area contributed by atoms with Crippen molar-refractivity contribution < 1.29 is 14.3 Å². The van der Waals surface area contributed by atoms with Crippen molar-refractivity contribution in [2.45, 2.75) is 43.7 Å². The Bertz CT molecular complexity index is 1110. The van der Waals surface area contributed by atoms with Crippen molar-refractivity contribution in [2.24, 2.45) is 0 Å². The van der Waals surface area contributed by atoms with Crippen LogP contribution in [-0.2, 0) is 16.1 Å². The van der Waals surface area contributed by atoms with Gasteiger partial charge in [-0.25, -0.2) is 4.68 Å². The molecule has 180 valence electrons. The molecule has 0 bridgehead atoms. The lowest BCUT2D eigenvalue weighted by atomic mass is 10.0. The minimum atomic E-state index is -0.483. The van der Waals surface area contributed by atoms with Gasteiger partial charge in [-0.2, -0.15) is 0 Å². The highest BCUT2D eigenvalue weighted by Crippen LogP contribution is 2.36. The number of amides is 1. The maximum atomic E-state index is 13.4. The van der Waals surface area contributed by atoms with Crippen LogP contribution in [0.3, 0.4) is 0 Å². The highest BCUT2D eigenvalue weighted by Gasteiger charge is 2.30. The molecule has 9 heteroatoms. The van der Waals surface area contributed by atoms with Crippen molar-refractivity contribution in [3.8, 4) is 5.75 Å². The topological polar surface area (TPSA) is 95.5 Å². The van der Waals surface area contributed by atoms with Gasteiger partial charge in [-0.05, 0) is 35.6 Å². The Kier molecular flexibility index (Phi) is 7.74. The molecule has 1 aliphatic heterocycles. The smallest absolute Gasteiger partial charge is 0.240 e. The van der Waals surface area contributed by atoms with E-state index in [0.29, 0.717) is 43.2 Å². The Morgan fingerprint density at radius 3 is 2.59 bits per heavy atom. The Hall–Kier alpha value is -3.04. The number of nitrogens with two attached hydrogens (primary N) is 1. The van der Waals surface area contributed by atoms with Gasteiger partial charge in [0, 0.05) is 13.1 Å². The number of carbonyl (C=O) groups is 1. The molecule has 0 spiro atoms. The molecule has 1 aliphatic rings. The van der Waals surface area contributed by atoms with Crippen molar-refractivity contribution in [1.82, 2.24) is 19.8 Å². The quantitative estimate of drug-likeness (QED) is 0.387. The van der Waals surface area contributed by atoms with Crippen LogP contribution in [0.1, 0.15) is 47.5 Å². The summed E-state index contributed by atoms with van der Waals surface area (Å²) in [4.78, 5) is 15.2. The molecule has 8 nitrogen and oxygen atoms in total. The van der Waals surface area contributed by atoms with Gasteiger partial charge in [0.1, 0.15) is 17.6 Å². The number of carbonyl (C=O) groups excluding carboxylic acids is 1. The van der Waals surface area contributed by atoms with Crippen molar-refractivity contribution >= 4 is 17.7 Å². The second kappa shape index (κ2) is 10.9. The maximum absolute atomic E-state index is 13.4. The molecular formula is C25H31N5O3S. The molecule has 2 N–H and O–H groups in total. The van der Waals surface area contributed by atoms with Crippen LogP contribution in [0.25, 0.3) is 0 Å². The lowest BCUT2D eigenvalue weighted by molar-refractivity contribution is -0.134. The maximum Gasteiger partial charge on any atom is 0.240 e. The Labute approximate surface area is 204 Å². The number of aryl methyl sites for hydroxylation is 1. The van der Waals surface area contributed by atoms with Gasteiger partial charge >= 0.3 is 0 Å². The van der Waals surface area contributed by atoms with Gasteiger partial charge < -0.3 is 20.2 Å². The van der Waals surface area contributed by atoms with E-state index in [1.54, 1.807) is 0 Å². The number of nitrogens with zero attached hydrogens (tertiary/aromatic N) is 4. The summed E-state index contributed by atoms with van der Waals surface area (Å²) in [5.74, 6) is 8.00. The molecule has 0 radical (unpaired) electrons. The second-order valence-electron chi connectivity index (χ2n) is 8.60. The van der Waals surface area contributed by atoms with Crippen LogP contribution in [0.2, 0.25) is 0 Å². The molecule has 3 aromatic rings. The summed E-state index contributed by atoms with van der Waals surface area (Å²) in [5.41, 5.74) is 3.15. The standard InChI is InChI=1S/C25H31N5O3S/c1-17(2)20-10-9-18(3)15-21(20)33-16-22-27-28-25(30(22)26)34-23(19-7-5-4-6-8-19)24(31)29-11-13-32-14-12-29/h4-10,15,17,23H,11-14,16,26H2,1-3H3. The zero-order valence-electron chi connectivity index (χ0n) is 19.8. The van der Waals surface area contributed by atoms with Gasteiger partial charge in [0.15, 0.2) is 5.82 Å². The van der Waals surface area contributed by atoms with E-state index in [1.807, 2.05) is 48.2 Å². The van der Waals surface area contributed by atoms with E-state index in [0.717, 1.165) is 22.4 Å². The number of nitrogen functional groups attached to an aromatic ring is 1. The van der Waals surface area contributed by atoms with Gasteiger partial charge in [0.05, 0.1) is 13.2 Å². The summed E-state index contributed by atoms with van der Waals surface area (Å²) < 4.78 is 12.9. The third-order valence-corrected chi connectivity index (χ3v) is 6.95. The van der Waals surface area contributed by atoms with Crippen molar-refractivity contribution in [2.75, 3.05) is 32.1 Å². The van der Waals surface area contributed by atoms with E-state index >= 15 is 0 Å². The fourth-order valence-corrected chi connectivity index (χ4v) is 4.88. The summed E-state index contributed by atoms with van der Waals surface area (Å²) >= 11 is 1.30. The number of hydrogen-bond donors (Lipinski definition) is 1. The zero-order valence-corrected chi connectivity index (χ0v) is 20.6. The summed E-state index contributed by atoms with van der Waals surface area (Å²) in [7, 11) is 0. The Morgan fingerprint density at radius 2 is 1.88 bits per heavy atom. The SMILES string of the molecule is Cc1ccc(C(C)C)c(OCc2nnc(SC(C(=O)N3CCOCC3)c3ccccc3)n2N)c1. The molecule has 1 atom stereocenters. The average Bonchev–Trinajstić information content (AvgIpc) is 3.20. The summed E-state index contributed by atoms with van der Waals surface area (Å²) in [6.45, 7) is 8.72. The van der Waals surface area contributed by atoms with Crippen LogP contribution in [0.15, 0.2) is 53.7 Å². The van der Waals surface area contributed by atoms with E-state index in [9.17, 15) is 4.79 Å². The summed E-state index contributed by atoms with van der Waals surface area (Å²) in [5, 5.41) is 8.49. The zero-order chi connectivity index (χ0) is 24.1. The number of morpholine rings is 1. The van der Waals surface area contributed by atoms with Gasteiger partial charge in [0.2, 0.25) is 11.1 Å². The van der Waals surface area contributed by atoms with E-state index in [1.165, 1.54) is 16.4 Å². The minimum Gasteiger partial charge on any atom is -0.485 e. The normalized spacial score (nSPS) is 14.9. The molecule has 1 amide bonds. The first-order chi connectivity index (χ1) is 16.4. The van der Waals surface area contributed by atoms with Gasteiger partial charge in [-0.3, -0.25) is 4.79 Å². The number of hydrogen-bond acceptors (Lipinski definition) is 7. The third kappa shape index (κ3) is 5.53. The minimum absolute atomic E-state index is 0.0154. The molecular weight excluding hydrogens is 450 g/mol. The van der Waals surface area contributed by atoms with Crippen LogP contribution in [-0.4, -0.2) is 52.0 Å². The van der Waals surface area contributed by atoms with Crippen LogP contribution in [0, 0.1) is 6.92 Å². The molecule has 0 saturated carbocycles. The predicted octanol–water partition coefficient (Wildman–Crippen LogP) is 3.69. The van der Waals surface area contributed by atoms with Gasteiger partial charge in [-0.1, -0.05) is 68.1 Å². The van der Waals surface area contributed by atoms with Gasteiger partial charge in [0.25, 0.3) is 0 Å².